The highest BCUT2D eigenvalue weighted by Gasteiger charge is 2.42. The van der Waals surface area contributed by atoms with Crippen LogP contribution in [-0.2, 0) is 20.4 Å². The summed E-state index contributed by atoms with van der Waals surface area (Å²) >= 11 is 0. The lowest BCUT2D eigenvalue weighted by molar-refractivity contribution is -0.147. The Morgan fingerprint density at radius 1 is 1.07 bits per heavy atom. The second-order valence-corrected chi connectivity index (χ2v) is 9.10. The maximum atomic E-state index is 12.6. The number of carbonyl (C=O) groups excluding carboxylic acids is 1. The monoisotopic (exact) mass is 387 g/mol. The summed E-state index contributed by atoms with van der Waals surface area (Å²) in [5.74, 6) is -1.31. The first-order valence-electron chi connectivity index (χ1n) is 8.61. The van der Waals surface area contributed by atoms with Gasteiger partial charge in [-0.3, -0.25) is 9.59 Å². The largest absolute Gasteiger partial charge is 0.481 e. The van der Waals surface area contributed by atoms with Gasteiger partial charge >= 0.3 is 5.97 Å². The van der Waals surface area contributed by atoms with E-state index in [0.29, 0.717) is 24.1 Å². The molecule has 27 heavy (non-hydrogen) atoms. The number of nitrogens with zero attached hydrogens (tertiary/aromatic N) is 1. The molecule has 1 saturated heterocycles. The zero-order chi connectivity index (χ0) is 19.7. The first-order valence-corrected chi connectivity index (χ1v) is 10.3. The number of sulfone groups is 1. The highest BCUT2D eigenvalue weighted by Crippen LogP contribution is 2.31. The summed E-state index contributed by atoms with van der Waals surface area (Å²) in [5.41, 5.74) is 0.111. The Hall–Kier alpha value is -2.67. The highest BCUT2D eigenvalue weighted by atomic mass is 32.2. The van der Waals surface area contributed by atoms with Gasteiger partial charge in [-0.2, -0.15) is 0 Å². The van der Waals surface area contributed by atoms with Crippen LogP contribution in [0.15, 0.2) is 59.5 Å². The van der Waals surface area contributed by atoms with Crippen molar-refractivity contribution >= 4 is 21.7 Å². The van der Waals surface area contributed by atoms with Crippen molar-refractivity contribution in [3.05, 3.63) is 65.7 Å². The molecule has 0 radical (unpaired) electrons. The van der Waals surface area contributed by atoms with E-state index in [2.05, 4.69) is 0 Å². The standard InChI is InChI=1S/C20H21NO5S/c1-20(19(23)24)11-12-21(14-20)18(22)16-7-9-17(10-8-16)27(25,26)13-15-5-3-2-4-6-15/h2-10H,11-14H2,1H3,(H,23,24). The molecule has 1 heterocycles. The van der Waals surface area contributed by atoms with E-state index >= 15 is 0 Å². The molecule has 2 aromatic rings. The molecule has 2 aromatic carbocycles. The predicted molar refractivity (Wildman–Crippen MR) is 100 cm³/mol. The minimum absolute atomic E-state index is 0.107. The zero-order valence-corrected chi connectivity index (χ0v) is 15.8. The molecule has 1 atom stereocenters. The molecule has 1 fully saturated rings. The summed E-state index contributed by atoms with van der Waals surface area (Å²) in [4.78, 5) is 25.6. The van der Waals surface area contributed by atoms with Crippen molar-refractivity contribution in [2.45, 2.75) is 24.0 Å². The second-order valence-electron chi connectivity index (χ2n) is 7.11. The van der Waals surface area contributed by atoms with Crippen molar-refractivity contribution < 1.29 is 23.1 Å². The predicted octanol–water partition coefficient (Wildman–Crippen LogP) is 2.60. The molecule has 6 nitrogen and oxygen atoms in total. The summed E-state index contributed by atoms with van der Waals surface area (Å²) in [7, 11) is -3.51. The lowest BCUT2D eigenvalue weighted by atomic mass is 9.90. The van der Waals surface area contributed by atoms with E-state index in [1.54, 1.807) is 31.2 Å². The Morgan fingerprint density at radius 3 is 2.26 bits per heavy atom. The van der Waals surface area contributed by atoms with Crippen molar-refractivity contribution in [1.82, 2.24) is 4.90 Å². The fourth-order valence-electron chi connectivity index (χ4n) is 3.17. The smallest absolute Gasteiger partial charge is 0.311 e. The molecule has 0 bridgehead atoms. The summed E-state index contributed by atoms with van der Waals surface area (Å²) in [5, 5.41) is 9.29. The molecule has 7 heteroatoms. The maximum Gasteiger partial charge on any atom is 0.311 e. The fourth-order valence-corrected chi connectivity index (χ4v) is 4.52. The third-order valence-electron chi connectivity index (χ3n) is 4.94. The number of hydrogen-bond acceptors (Lipinski definition) is 4. The highest BCUT2D eigenvalue weighted by molar-refractivity contribution is 7.90. The second kappa shape index (κ2) is 7.15. The number of aliphatic carboxylic acids is 1. The van der Waals surface area contributed by atoms with Gasteiger partial charge in [-0.1, -0.05) is 30.3 Å². The first-order chi connectivity index (χ1) is 12.7. The van der Waals surface area contributed by atoms with Gasteiger partial charge in [0.15, 0.2) is 9.84 Å². The van der Waals surface area contributed by atoms with Gasteiger partial charge in [0.05, 0.1) is 16.1 Å². The molecular weight excluding hydrogens is 366 g/mol. The van der Waals surface area contributed by atoms with Crippen LogP contribution in [-0.4, -0.2) is 43.4 Å². The van der Waals surface area contributed by atoms with E-state index in [-0.39, 0.29) is 23.1 Å². The van der Waals surface area contributed by atoms with Gasteiger partial charge in [0.2, 0.25) is 0 Å². The SMILES string of the molecule is CC1(C(=O)O)CCN(C(=O)c2ccc(S(=O)(=O)Cc3ccccc3)cc2)C1. The molecule has 1 aliphatic heterocycles. The van der Waals surface area contributed by atoms with Crippen molar-refractivity contribution in [3.8, 4) is 0 Å². The van der Waals surface area contributed by atoms with Crippen LogP contribution in [0.3, 0.4) is 0 Å². The number of carbonyl (C=O) groups is 2. The number of carboxylic acids is 1. The van der Waals surface area contributed by atoms with Gasteiger partial charge in [-0.05, 0) is 43.2 Å². The van der Waals surface area contributed by atoms with Gasteiger partial charge in [-0.15, -0.1) is 0 Å². The van der Waals surface area contributed by atoms with Crippen LogP contribution in [0.4, 0.5) is 0 Å². The Labute approximate surface area is 158 Å². The molecule has 0 aromatic heterocycles. The molecule has 0 spiro atoms. The third-order valence-corrected chi connectivity index (χ3v) is 6.64. The summed E-state index contributed by atoms with van der Waals surface area (Å²) in [6.45, 7) is 2.15. The molecular formula is C20H21NO5S. The normalized spacial score (nSPS) is 19.8. The van der Waals surface area contributed by atoms with E-state index in [9.17, 15) is 23.1 Å². The molecule has 1 unspecified atom stereocenters. The quantitative estimate of drug-likeness (QED) is 0.851. The van der Waals surface area contributed by atoms with Gasteiger partial charge in [0.25, 0.3) is 5.91 Å². The molecule has 1 aliphatic rings. The number of benzene rings is 2. The molecule has 0 aliphatic carbocycles. The first kappa shape index (κ1) is 19.1. The minimum atomic E-state index is -3.51. The lowest BCUT2D eigenvalue weighted by Gasteiger charge is -2.20. The van der Waals surface area contributed by atoms with Gasteiger partial charge < -0.3 is 10.0 Å². The average molecular weight is 387 g/mol. The van der Waals surface area contributed by atoms with E-state index in [1.165, 1.54) is 29.2 Å². The van der Waals surface area contributed by atoms with E-state index < -0.39 is 21.2 Å². The molecule has 1 amide bonds. The molecule has 3 rings (SSSR count). The average Bonchev–Trinajstić information content (AvgIpc) is 3.05. The van der Waals surface area contributed by atoms with Gasteiger partial charge in [-0.25, -0.2) is 8.42 Å². The summed E-state index contributed by atoms with van der Waals surface area (Å²) in [6.07, 6.45) is 0.400. The van der Waals surface area contributed by atoms with E-state index in [4.69, 9.17) is 0 Å². The van der Waals surface area contributed by atoms with Crippen molar-refractivity contribution in [2.24, 2.45) is 5.41 Å². The number of hydrogen-bond donors (Lipinski definition) is 1. The van der Waals surface area contributed by atoms with Crippen LogP contribution in [0.25, 0.3) is 0 Å². The molecule has 0 saturated carbocycles. The van der Waals surface area contributed by atoms with E-state index in [0.717, 1.165) is 0 Å². The summed E-state index contributed by atoms with van der Waals surface area (Å²) < 4.78 is 25.1. The van der Waals surface area contributed by atoms with Gasteiger partial charge in [0.1, 0.15) is 0 Å². The van der Waals surface area contributed by atoms with Crippen molar-refractivity contribution in [1.29, 1.82) is 0 Å². The van der Waals surface area contributed by atoms with Crippen molar-refractivity contribution in [2.75, 3.05) is 13.1 Å². The molecule has 142 valence electrons. The van der Waals surface area contributed by atoms with Gasteiger partial charge in [0, 0.05) is 18.7 Å². The zero-order valence-electron chi connectivity index (χ0n) is 15.0. The number of amides is 1. The number of carboxylic acid groups (broad SMARTS) is 1. The van der Waals surface area contributed by atoms with Crippen LogP contribution in [0.1, 0.15) is 29.3 Å². The maximum absolute atomic E-state index is 12.6. The number of rotatable bonds is 5. The van der Waals surface area contributed by atoms with Crippen molar-refractivity contribution in [3.63, 3.8) is 0 Å². The van der Waals surface area contributed by atoms with Crippen LogP contribution in [0, 0.1) is 5.41 Å². The Morgan fingerprint density at radius 2 is 1.70 bits per heavy atom. The van der Waals surface area contributed by atoms with Crippen LogP contribution >= 0.6 is 0 Å². The Balaban J connectivity index is 1.74. The topological polar surface area (TPSA) is 91.8 Å². The summed E-state index contributed by atoms with van der Waals surface area (Å²) in [6, 6.07) is 14.7. The molecule has 1 N–H and O–H groups in total. The van der Waals surface area contributed by atoms with E-state index in [1.807, 2.05) is 6.07 Å². The fraction of sp³-hybridized carbons (Fsp3) is 0.300. The Bertz CT molecular complexity index is 954. The van der Waals surface area contributed by atoms with Crippen LogP contribution < -0.4 is 0 Å². The van der Waals surface area contributed by atoms with Crippen LogP contribution in [0.5, 0.6) is 0 Å². The van der Waals surface area contributed by atoms with Crippen LogP contribution in [0.2, 0.25) is 0 Å². The Kier molecular flexibility index (Phi) is 5.06. The third kappa shape index (κ3) is 4.03. The minimum Gasteiger partial charge on any atom is -0.481 e. The number of likely N-dealkylation sites (tertiary alicyclic amines) is 1. The lowest BCUT2D eigenvalue weighted by Crippen LogP contribution is -2.34.